The third-order valence-electron chi connectivity index (χ3n) is 6.02. The molecular weight excluding hydrogens is 384 g/mol. The quantitative estimate of drug-likeness (QED) is 0.410. The summed E-state index contributed by atoms with van der Waals surface area (Å²) in [7, 11) is 0. The summed E-state index contributed by atoms with van der Waals surface area (Å²) in [6.45, 7) is 6.81. The second-order valence-corrected chi connectivity index (χ2v) is 10.3. The lowest BCUT2D eigenvalue weighted by molar-refractivity contribution is 0.573. The van der Waals surface area contributed by atoms with Gasteiger partial charge in [-0.05, 0) is 68.2 Å². The number of nitrogens with zero attached hydrogens (tertiary/aromatic N) is 4. The van der Waals surface area contributed by atoms with Crippen LogP contribution in [0.5, 0.6) is 0 Å². The van der Waals surface area contributed by atoms with Crippen LogP contribution in [0.2, 0.25) is 0 Å². The third kappa shape index (κ3) is 3.09. The van der Waals surface area contributed by atoms with Gasteiger partial charge in [-0.2, -0.15) is 0 Å². The Labute approximate surface area is 175 Å². The minimum absolute atomic E-state index is 0.635. The Morgan fingerprint density at radius 1 is 1.00 bits per heavy atom. The molecule has 28 heavy (non-hydrogen) atoms. The summed E-state index contributed by atoms with van der Waals surface area (Å²) < 4.78 is 1.25. The van der Waals surface area contributed by atoms with Gasteiger partial charge in [-0.3, -0.25) is 0 Å². The van der Waals surface area contributed by atoms with Gasteiger partial charge in [-0.15, -0.1) is 11.3 Å². The van der Waals surface area contributed by atoms with Gasteiger partial charge in [0.15, 0.2) is 11.0 Å². The molecule has 2 aliphatic rings. The number of hydrogen-bond donors (Lipinski definition) is 0. The van der Waals surface area contributed by atoms with Crippen molar-refractivity contribution < 1.29 is 0 Å². The van der Waals surface area contributed by atoms with Gasteiger partial charge in [0.1, 0.15) is 4.83 Å². The number of hydrogen-bond acceptors (Lipinski definition) is 6. The van der Waals surface area contributed by atoms with E-state index >= 15 is 0 Å². The van der Waals surface area contributed by atoms with E-state index < -0.39 is 0 Å². The van der Waals surface area contributed by atoms with Crippen molar-refractivity contribution >= 4 is 49.3 Å². The Balaban J connectivity index is 1.78. The lowest BCUT2D eigenvalue weighted by atomic mass is 9.99. The molecule has 0 amide bonds. The van der Waals surface area contributed by atoms with Crippen molar-refractivity contribution in [2.75, 3.05) is 24.2 Å². The molecule has 0 radical (unpaired) electrons. The highest BCUT2D eigenvalue weighted by Crippen LogP contribution is 2.43. The molecule has 1 aliphatic carbocycles. The van der Waals surface area contributed by atoms with E-state index in [1.807, 2.05) is 11.3 Å². The molecule has 6 heteroatoms. The minimum atomic E-state index is 0.635. The molecule has 3 aromatic heterocycles. The van der Waals surface area contributed by atoms with Crippen molar-refractivity contribution in [2.24, 2.45) is 5.92 Å². The molecule has 0 saturated carbocycles. The van der Waals surface area contributed by atoms with E-state index in [2.05, 4.69) is 25.0 Å². The Kier molecular flexibility index (Phi) is 4.95. The zero-order valence-electron chi connectivity index (χ0n) is 17.0. The maximum Gasteiger partial charge on any atom is 0.189 e. The molecule has 5 rings (SSSR count). The molecule has 0 spiro atoms. The number of aryl methyl sites for hydroxylation is 1. The van der Waals surface area contributed by atoms with Crippen LogP contribution >= 0.6 is 23.1 Å². The van der Waals surface area contributed by atoms with E-state index in [4.69, 9.17) is 15.0 Å². The summed E-state index contributed by atoms with van der Waals surface area (Å²) >= 11 is 3.48. The van der Waals surface area contributed by atoms with Crippen molar-refractivity contribution in [3.8, 4) is 0 Å². The minimum Gasteiger partial charge on any atom is -0.355 e. The first-order valence-corrected chi connectivity index (χ1v) is 12.6. The van der Waals surface area contributed by atoms with Crippen molar-refractivity contribution in [3.05, 3.63) is 16.8 Å². The second kappa shape index (κ2) is 7.45. The highest BCUT2D eigenvalue weighted by Gasteiger charge is 2.26. The zero-order valence-corrected chi connectivity index (χ0v) is 18.7. The number of aromatic nitrogens is 3. The van der Waals surface area contributed by atoms with Crippen molar-refractivity contribution in [1.29, 1.82) is 0 Å². The number of rotatable bonds is 4. The SMILES string of the molecule is CSc1nc(N2CCCCC2)c2sc3nc(CC(C)C)c4c(c3c2n1)CCC4. The Hall–Kier alpha value is -1.40. The predicted molar refractivity (Wildman–Crippen MR) is 121 cm³/mol. The normalized spacial score (nSPS) is 17.2. The van der Waals surface area contributed by atoms with E-state index in [0.29, 0.717) is 5.92 Å². The van der Waals surface area contributed by atoms with Crippen LogP contribution in [0.1, 0.15) is 56.4 Å². The van der Waals surface area contributed by atoms with E-state index in [1.54, 1.807) is 11.8 Å². The van der Waals surface area contributed by atoms with Gasteiger partial charge in [0.25, 0.3) is 0 Å². The standard InChI is InChI=1S/C22H28N4S2/c1-13(2)12-16-14-8-7-9-15(14)17-18-19(28-21(17)23-16)20(25-22(24-18)27-3)26-10-5-4-6-11-26/h13H,4-12H2,1-3H3. The number of piperidine rings is 1. The summed E-state index contributed by atoms with van der Waals surface area (Å²) in [6.07, 6.45) is 10.6. The summed E-state index contributed by atoms with van der Waals surface area (Å²) in [5.41, 5.74) is 5.53. The average Bonchev–Trinajstić information content (AvgIpc) is 3.31. The van der Waals surface area contributed by atoms with Crippen LogP contribution in [0.25, 0.3) is 20.4 Å². The van der Waals surface area contributed by atoms with Gasteiger partial charge in [0, 0.05) is 24.2 Å². The molecule has 4 nitrogen and oxygen atoms in total. The summed E-state index contributed by atoms with van der Waals surface area (Å²) in [5.74, 6) is 1.78. The van der Waals surface area contributed by atoms with Crippen LogP contribution in [-0.4, -0.2) is 34.3 Å². The summed E-state index contributed by atoms with van der Waals surface area (Å²) in [5, 5.41) is 2.22. The summed E-state index contributed by atoms with van der Waals surface area (Å²) in [4.78, 5) is 18.8. The monoisotopic (exact) mass is 412 g/mol. The molecule has 4 heterocycles. The topological polar surface area (TPSA) is 41.9 Å². The summed E-state index contributed by atoms with van der Waals surface area (Å²) in [6, 6.07) is 0. The van der Waals surface area contributed by atoms with Gasteiger partial charge in [0.2, 0.25) is 0 Å². The van der Waals surface area contributed by atoms with Crippen LogP contribution in [0, 0.1) is 5.92 Å². The zero-order chi connectivity index (χ0) is 19.3. The lowest BCUT2D eigenvalue weighted by Gasteiger charge is -2.28. The molecule has 1 fully saturated rings. The Morgan fingerprint density at radius 3 is 2.54 bits per heavy atom. The van der Waals surface area contributed by atoms with Gasteiger partial charge in [-0.25, -0.2) is 15.0 Å². The predicted octanol–water partition coefficient (Wildman–Crippen LogP) is 5.64. The molecule has 148 valence electrons. The fraction of sp³-hybridized carbons (Fsp3) is 0.591. The smallest absolute Gasteiger partial charge is 0.189 e. The molecule has 0 N–H and O–H groups in total. The van der Waals surface area contributed by atoms with Gasteiger partial charge in [-0.1, -0.05) is 25.6 Å². The van der Waals surface area contributed by atoms with Crippen LogP contribution in [-0.2, 0) is 19.3 Å². The first-order valence-electron chi connectivity index (χ1n) is 10.6. The van der Waals surface area contributed by atoms with Crippen LogP contribution in [0.4, 0.5) is 5.82 Å². The second-order valence-electron chi connectivity index (χ2n) is 8.51. The number of fused-ring (bicyclic) bond motifs is 5. The molecule has 0 bridgehead atoms. The molecule has 1 aliphatic heterocycles. The van der Waals surface area contributed by atoms with Crippen LogP contribution in [0.3, 0.4) is 0 Å². The maximum absolute atomic E-state index is 5.19. The average molecular weight is 413 g/mol. The maximum atomic E-state index is 5.19. The fourth-order valence-electron chi connectivity index (χ4n) is 4.78. The molecular formula is C22H28N4S2. The lowest BCUT2D eigenvalue weighted by Crippen LogP contribution is -2.30. The Bertz CT molecular complexity index is 1030. The van der Waals surface area contributed by atoms with Crippen LogP contribution < -0.4 is 4.90 Å². The van der Waals surface area contributed by atoms with E-state index in [9.17, 15) is 0 Å². The molecule has 0 unspecified atom stereocenters. The van der Waals surface area contributed by atoms with Gasteiger partial charge < -0.3 is 4.90 Å². The fourth-order valence-corrected chi connectivity index (χ4v) is 6.32. The Morgan fingerprint density at radius 2 is 1.79 bits per heavy atom. The highest BCUT2D eigenvalue weighted by molar-refractivity contribution is 7.98. The molecule has 3 aromatic rings. The molecule has 0 atom stereocenters. The first kappa shape index (κ1) is 18.6. The molecule has 1 saturated heterocycles. The van der Waals surface area contributed by atoms with E-state index in [1.165, 1.54) is 70.3 Å². The van der Waals surface area contributed by atoms with Crippen LogP contribution in [0.15, 0.2) is 5.16 Å². The van der Waals surface area contributed by atoms with Gasteiger partial charge in [0.05, 0.1) is 10.2 Å². The largest absolute Gasteiger partial charge is 0.355 e. The van der Waals surface area contributed by atoms with Crippen molar-refractivity contribution in [1.82, 2.24) is 15.0 Å². The third-order valence-corrected chi connectivity index (χ3v) is 7.64. The number of thiophene rings is 1. The van der Waals surface area contributed by atoms with E-state index in [-0.39, 0.29) is 0 Å². The van der Waals surface area contributed by atoms with Crippen molar-refractivity contribution in [3.63, 3.8) is 0 Å². The van der Waals surface area contributed by atoms with Gasteiger partial charge >= 0.3 is 0 Å². The highest BCUT2D eigenvalue weighted by atomic mass is 32.2. The molecule has 0 aromatic carbocycles. The number of anilines is 1. The number of thioether (sulfide) groups is 1. The van der Waals surface area contributed by atoms with E-state index in [0.717, 1.165) is 36.0 Å². The first-order chi connectivity index (χ1) is 13.7. The van der Waals surface area contributed by atoms with Crippen molar-refractivity contribution in [2.45, 2.75) is 63.9 Å². The number of pyridine rings is 1.